The smallest absolute Gasteiger partial charge is 0.409 e. The highest BCUT2D eigenvalue weighted by Crippen LogP contribution is 2.37. The zero-order chi connectivity index (χ0) is 19.0. The van der Waals surface area contributed by atoms with Gasteiger partial charge < -0.3 is 25.0 Å². The Kier molecular flexibility index (Phi) is 4.62. The highest BCUT2D eigenvalue weighted by atomic mass is 16.4. The molecule has 0 radical (unpaired) electrons. The van der Waals surface area contributed by atoms with Gasteiger partial charge in [-0.2, -0.15) is 0 Å². The summed E-state index contributed by atoms with van der Waals surface area (Å²) in [5.41, 5.74) is 2.78. The summed E-state index contributed by atoms with van der Waals surface area (Å²) in [7, 11) is 1.94. The summed E-state index contributed by atoms with van der Waals surface area (Å²) in [4.78, 5) is 28.9. The number of carboxylic acid groups (broad SMARTS) is 2. The van der Waals surface area contributed by atoms with Crippen molar-refractivity contribution in [2.75, 3.05) is 23.3 Å². The third kappa shape index (κ3) is 3.24. The number of aromatic nitrogens is 2. The Bertz CT molecular complexity index is 860. The highest BCUT2D eigenvalue weighted by Gasteiger charge is 2.29. The van der Waals surface area contributed by atoms with Crippen molar-refractivity contribution in [2.24, 2.45) is 7.05 Å². The SMILES string of the molecule is CC(C)c1nc2c(N3CCC(NC(=O)O)C3)c(NC(=O)O)ccc2n1C. The molecule has 0 aliphatic carbocycles. The molecule has 0 spiro atoms. The van der Waals surface area contributed by atoms with Gasteiger partial charge in [0, 0.05) is 26.1 Å². The predicted octanol–water partition coefficient (Wildman–Crippen LogP) is 2.63. The molecule has 1 unspecified atom stereocenters. The van der Waals surface area contributed by atoms with Gasteiger partial charge in [0.05, 0.1) is 22.9 Å². The number of carbonyl (C=O) groups is 2. The molecule has 0 bridgehead atoms. The number of nitrogens with one attached hydrogen (secondary N) is 2. The molecule has 26 heavy (non-hydrogen) atoms. The summed E-state index contributed by atoms with van der Waals surface area (Å²) in [6.45, 7) is 5.19. The minimum atomic E-state index is -1.15. The summed E-state index contributed by atoms with van der Waals surface area (Å²) < 4.78 is 2.01. The zero-order valence-electron chi connectivity index (χ0n) is 15.0. The quantitative estimate of drug-likeness (QED) is 0.664. The van der Waals surface area contributed by atoms with Crippen molar-refractivity contribution in [3.8, 4) is 0 Å². The van der Waals surface area contributed by atoms with Gasteiger partial charge in [-0.05, 0) is 18.6 Å². The van der Waals surface area contributed by atoms with Crippen LogP contribution in [0.5, 0.6) is 0 Å². The Labute approximate surface area is 150 Å². The van der Waals surface area contributed by atoms with Gasteiger partial charge in [-0.1, -0.05) is 13.8 Å². The van der Waals surface area contributed by atoms with E-state index >= 15 is 0 Å². The minimum Gasteiger partial charge on any atom is -0.465 e. The average Bonchev–Trinajstić information content (AvgIpc) is 3.11. The largest absolute Gasteiger partial charge is 0.465 e. The Hall–Kier alpha value is -2.97. The van der Waals surface area contributed by atoms with Crippen molar-refractivity contribution in [1.29, 1.82) is 0 Å². The molecule has 2 amide bonds. The van der Waals surface area contributed by atoms with Crippen molar-refractivity contribution >= 4 is 34.6 Å². The van der Waals surface area contributed by atoms with Gasteiger partial charge in [-0.15, -0.1) is 0 Å². The van der Waals surface area contributed by atoms with E-state index in [1.807, 2.05) is 22.6 Å². The van der Waals surface area contributed by atoms with Gasteiger partial charge in [0.25, 0.3) is 0 Å². The first-order valence-electron chi connectivity index (χ1n) is 8.51. The van der Waals surface area contributed by atoms with Crippen LogP contribution in [0, 0.1) is 0 Å². The van der Waals surface area contributed by atoms with Gasteiger partial charge in [-0.25, -0.2) is 14.6 Å². The molecule has 3 rings (SSSR count). The van der Waals surface area contributed by atoms with E-state index in [9.17, 15) is 14.7 Å². The van der Waals surface area contributed by atoms with Crippen molar-refractivity contribution < 1.29 is 19.8 Å². The van der Waals surface area contributed by atoms with Crippen LogP contribution in [0.15, 0.2) is 12.1 Å². The molecular formula is C17H23N5O4. The highest BCUT2D eigenvalue weighted by molar-refractivity contribution is 6.01. The maximum atomic E-state index is 11.2. The van der Waals surface area contributed by atoms with E-state index in [2.05, 4.69) is 24.5 Å². The van der Waals surface area contributed by atoms with Crippen LogP contribution in [0.1, 0.15) is 32.0 Å². The fourth-order valence-corrected chi connectivity index (χ4v) is 3.57. The molecule has 1 aliphatic heterocycles. The maximum absolute atomic E-state index is 11.2. The van der Waals surface area contributed by atoms with Crippen LogP contribution in [0.4, 0.5) is 21.0 Å². The second-order valence-electron chi connectivity index (χ2n) is 6.82. The lowest BCUT2D eigenvalue weighted by atomic mass is 10.2. The first-order chi connectivity index (χ1) is 12.3. The van der Waals surface area contributed by atoms with Crippen LogP contribution in [0.3, 0.4) is 0 Å². The normalized spacial score (nSPS) is 17.1. The molecule has 2 aromatic rings. The lowest BCUT2D eigenvalue weighted by molar-refractivity contribution is 0.191. The molecule has 0 saturated carbocycles. The molecule has 1 aromatic carbocycles. The van der Waals surface area contributed by atoms with Crippen LogP contribution in [0.2, 0.25) is 0 Å². The number of fused-ring (bicyclic) bond motifs is 1. The number of rotatable bonds is 4. The summed E-state index contributed by atoms with van der Waals surface area (Å²) in [6, 6.07) is 3.38. The summed E-state index contributed by atoms with van der Waals surface area (Å²) in [5, 5.41) is 23.1. The van der Waals surface area contributed by atoms with E-state index < -0.39 is 12.2 Å². The molecule has 140 valence electrons. The summed E-state index contributed by atoms with van der Waals surface area (Å²) in [6.07, 6.45) is -1.55. The second-order valence-corrected chi connectivity index (χ2v) is 6.82. The van der Waals surface area contributed by atoms with E-state index in [-0.39, 0.29) is 12.0 Å². The molecule has 4 N–H and O–H groups in total. The lowest BCUT2D eigenvalue weighted by Gasteiger charge is -2.22. The zero-order valence-corrected chi connectivity index (χ0v) is 15.0. The Morgan fingerprint density at radius 2 is 2.00 bits per heavy atom. The van der Waals surface area contributed by atoms with Gasteiger partial charge >= 0.3 is 12.2 Å². The van der Waals surface area contributed by atoms with Gasteiger partial charge in [0.2, 0.25) is 0 Å². The number of aryl methyl sites for hydroxylation is 1. The number of nitrogens with zero attached hydrogens (tertiary/aromatic N) is 3. The summed E-state index contributed by atoms with van der Waals surface area (Å²) >= 11 is 0. The van der Waals surface area contributed by atoms with Crippen molar-refractivity contribution in [2.45, 2.75) is 32.2 Å². The van der Waals surface area contributed by atoms with Crippen LogP contribution >= 0.6 is 0 Å². The Balaban J connectivity index is 2.09. The standard InChI is InChI=1S/C17H23N5O4/c1-9(2)15-20-13-12(21(15)3)5-4-11(19-17(25)26)14(13)22-7-6-10(8-22)18-16(23)24/h4-5,9-10,18-19H,6-8H2,1-3H3,(H,23,24)(H,25,26). The van der Waals surface area contributed by atoms with Crippen LogP contribution < -0.4 is 15.5 Å². The molecule has 1 atom stereocenters. The van der Waals surface area contributed by atoms with Crippen LogP contribution in [-0.2, 0) is 7.05 Å². The number of amides is 2. The third-order valence-electron chi connectivity index (χ3n) is 4.65. The van der Waals surface area contributed by atoms with Crippen molar-refractivity contribution in [3.05, 3.63) is 18.0 Å². The molecule has 1 saturated heterocycles. The van der Waals surface area contributed by atoms with Crippen LogP contribution in [0.25, 0.3) is 11.0 Å². The first kappa shape index (κ1) is 17.8. The molecular weight excluding hydrogens is 338 g/mol. The number of imidazole rings is 1. The van der Waals surface area contributed by atoms with E-state index in [1.54, 1.807) is 6.07 Å². The topological polar surface area (TPSA) is 120 Å². The van der Waals surface area contributed by atoms with Gasteiger partial charge in [-0.3, -0.25) is 5.32 Å². The molecule has 9 nitrogen and oxygen atoms in total. The lowest BCUT2D eigenvalue weighted by Crippen LogP contribution is -2.36. The van der Waals surface area contributed by atoms with Gasteiger partial charge in [0.15, 0.2) is 0 Å². The number of hydrogen-bond donors (Lipinski definition) is 4. The molecule has 1 fully saturated rings. The van der Waals surface area contributed by atoms with E-state index in [0.29, 0.717) is 30.9 Å². The monoisotopic (exact) mass is 361 g/mol. The first-order valence-corrected chi connectivity index (χ1v) is 8.51. The molecule has 1 aromatic heterocycles. The number of benzene rings is 1. The molecule has 2 heterocycles. The maximum Gasteiger partial charge on any atom is 0.409 e. The third-order valence-corrected chi connectivity index (χ3v) is 4.65. The average molecular weight is 361 g/mol. The second kappa shape index (κ2) is 6.74. The van der Waals surface area contributed by atoms with E-state index in [4.69, 9.17) is 10.1 Å². The van der Waals surface area contributed by atoms with Gasteiger partial charge in [0.1, 0.15) is 11.3 Å². The predicted molar refractivity (Wildman–Crippen MR) is 98.2 cm³/mol. The van der Waals surface area contributed by atoms with Crippen molar-refractivity contribution in [3.63, 3.8) is 0 Å². The van der Waals surface area contributed by atoms with E-state index in [0.717, 1.165) is 16.9 Å². The molecule has 9 heteroatoms. The minimum absolute atomic E-state index is 0.200. The van der Waals surface area contributed by atoms with E-state index in [1.165, 1.54) is 0 Å². The van der Waals surface area contributed by atoms with Crippen molar-refractivity contribution in [1.82, 2.24) is 14.9 Å². The number of hydrogen-bond acceptors (Lipinski definition) is 4. The Morgan fingerprint density at radius 1 is 1.27 bits per heavy atom. The fourth-order valence-electron chi connectivity index (χ4n) is 3.57. The Morgan fingerprint density at radius 3 is 2.62 bits per heavy atom. The number of anilines is 2. The van der Waals surface area contributed by atoms with Crippen LogP contribution in [-0.4, -0.2) is 51.1 Å². The molecule has 1 aliphatic rings. The fraction of sp³-hybridized carbons (Fsp3) is 0.471. The summed E-state index contributed by atoms with van der Waals surface area (Å²) in [5.74, 6) is 1.13.